The maximum atomic E-state index is 11.9. The highest BCUT2D eigenvalue weighted by Crippen LogP contribution is 2.47. The van der Waals surface area contributed by atoms with Gasteiger partial charge in [-0.3, -0.25) is 16.0 Å². The topological polar surface area (TPSA) is 179 Å². The fraction of sp³-hybridized carbons (Fsp3) is 0.818. The van der Waals surface area contributed by atoms with Gasteiger partial charge in [0, 0.05) is 0 Å². The lowest BCUT2D eigenvalue weighted by atomic mass is 9.59. The maximum absolute atomic E-state index is 11.9. The number of carbonyl (C=O) groups is 1. The number of aliphatic hydroxyl groups excluding tert-OH is 4. The van der Waals surface area contributed by atoms with Crippen molar-refractivity contribution in [3.05, 3.63) is 0 Å². The molecule has 3 aliphatic rings. The Kier molecular flexibility index (Phi) is 2.94. The molecule has 2 bridgehead atoms. The number of carbonyl (C=O) groups excluding carboxylic acids is 1. The van der Waals surface area contributed by atoms with Crippen molar-refractivity contribution >= 4 is 11.9 Å². The molecule has 7 atom stereocenters. The lowest BCUT2D eigenvalue weighted by Gasteiger charge is -2.58. The molecule has 21 heavy (non-hydrogen) atoms. The molecule has 0 aromatic heterocycles. The lowest BCUT2D eigenvalue weighted by Crippen LogP contribution is -2.98. The predicted octanol–water partition coefficient (Wildman–Crippen LogP) is -6.57. The molecule has 1 saturated carbocycles. The molecule has 6 unspecified atom stereocenters. The second kappa shape index (κ2) is 4.27. The van der Waals surface area contributed by atoms with Crippen molar-refractivity contribution in [1.82, 2.24) is 5.32 Å². The molecule has 9 N–H and O–H groups in total. The van der Waals surface area contributed by atoms with E-state index in [-0.39, 0.29) is 12.4 Å². The van der Waals surface area contributed by atoms with Gasteiger partial charge in [-0.05, 0) is 6.42 Å². The quantitative estimate of drug-likeness (QED) is 0.218. The summed E-state index contributed by atoms with van der Waals surface area (Å²) < 4.78 is 4.86. The summed E-state index contributed by atoms with van der Waals surface area (Å²) in [4.78, 5) is 14.3. The van der Waals surface area contributed by atoms with Crippen molar-refractivity contribution in [2.24, 2.45) is 11.7 Å². The van der Waals surface area contributed by atoms with E-state index in [0.717, 1.165) is 0 Å². The number of guanidine groups is 1. The minimum Gasteiger partial charge on any atom is -0.454 e. The third-order valence-electron chi connectivity index (χ3n) is 4.72. The molecule has 1 saturated heterocycles. The Morgan fingerprint density at radius 2 is 2.10 bits per heavy atom. The molecule has 0 aromatic rings. The first-order valence-electron chi connectivity index (χ1n) is 6.51. The maximum Gasteiger partial charge on any atom is 0.343 e. The molecule has 0 radical (unpaired) electrons. The zero-order valence-electron chi connectivity index (χ0n) is 10.9. The molecule has 1 spiro atoms. The first kappa shape index (κ1) is 14.5. The van der Waals surface area contributed by atoms with E-state index >= 15 is 0 Å². The Hall–Kier alpha value is -1.46. The molecule has 10 nitrogen and oxygen atoms in total. The molecular formula is C11H18N3O7+. The molecule has 0 amide bonds. The van der Waals surface area contributed by atoms with E-state index in [9.17, 15) is 30.3 Å². The van der Waals surface area contributed by atoms with E-state index in [2.05, 4.69) is 10.3 Å². The summed E-state index contributed by atoms with van der Waals surface area (Å²) in [6.45, 7) is -0.781. The first-order valence-corrected chi connectivity index (χ1v) is 6.51. The van der Waals surface area contributed by atoms with Crippen molar-refractivity contribution in [2.75, 3.05) is 6.61 Å². The third kappa shape index (κ3) is 1.64. The van der Waals surface area contributed by atoms with E-state index in [1.807, 2.05) is 0 Å². The van der Waals surface area contributed by atoms with Gasteiger partial charge in [-0.1, -0.05) is 0 Å². The number of rotatable bonds is 1. The van der Waals surface area contributed by atoms with Crippen molar-refractivity contribution in [3.8, 4) is 0 Å². The first-order chi connectivity index (χ1) is 9.76. The van der Waals surface area contributed by atoms with Gasteiger partial charge in [0.15, 0.2) is 24.0 Å². The highest BCUT2D eigenvalue weighted by Gasteiger charge is 2.73. The molecule has 3 rings (SSSR count). The van der Waals surface area contributed by atoms with Crippen molar-refractivity contribution in [3.63, 3.8) is 0 Å². The van der Waals surface area contributed by atoms with Crippen LogP contribution in [0, 0.1) is 5.92 Å². The molecule has 2 aliphatic heterocycles. The number of fused-ring (bicyclic) bond motifs is 1. The van der Waals surface area contributed by atoms with E-state index < -0.39 is 54.2 Å². The van der Waals surface area contributed by atoms with Crippen LogP contribution in [-0.4, -0.2) is 79.7 Å². The van der Waals surface area contributed by atoms with Gasteiger partial charge < -0.3 is 30.3 Å². The van der Waals surface area contributed by atoms with Crippen LogP contribution < -0.4 is 16.0 Å². The summed E-state index contributed by atoms with van der Waals surface area (Å²) in [6, 6.07) is 0. The molecule has 2 heterocycles. The number of esters is 1. The summed E-state index contributed by atoms with van der Waals surface area (Å²) in [5.74, 6) is -2.19. The highest BCUT2D eigenvalue weighted by atomic mass is 16.6. The molecule has 10 heteroatoms. The van der Waals surface area contributed by atoms with Gasteiger partial charge in [0.05, 0.1) is 12.5 Å². The average Bonchev–Trinajstić information content (AvgIpc) is 2.42. The number of nitrogens with one attached hydrogen (secondary N) is 2. The fourth-order valence-electron chi connectivity index (χ4n) is 3.64. The Balaban J connectivity index is 2.16. The monoisotopic (exact) mass is 304 g/mol. The molecule has 0 aromatic carbocycles. The van der Waals surface area contributed by atoms with Gasteiger partial charge in [-0.2, -0.15) is 0 Å². The lowest BCUT2D eigenvalue weighted by molar-refractivity contribution is -0.586. The Bertz CT molecular complexity index is 514. The van der Waals surface area contributed by atoms with Gasteiger partial charge in [0.2, 0.25) is 0 Å². The van der Waals surface area contributed by atoms with Gasteiger partial charge >= 0.3 is 11.9 Å². The summed E-state index contributed by atoms with van der Waals surface area (Å²) in [6.07, 6.45) is -6.35. The van der Waals surface area contributed by atoms with Crippen molar-refractivity contribution in [2.45, 2.75) is 42.1 Å². The zero-order valence-corrected chi connectivity index (χ0v) is 10.9. The normalized spacial score (nSPS) is 52.3. The second-order valence-electron chi connectivity index (χ2n) is 5.84. The largest absolute Gasteiger partial charge is 0.454 e. The number of nitrogens with two attached hydrogens (primary N) is 1. The second-order valence-corrected chi connectivity index (χ2v) is 5.84. The SMILES string of the molecule is NC1=[NH+]C(O)C2CC(O)(CO)C3OC(=O)[C@@H](O)C2(N1)C3O. The van der Waals surface area contributed by atoms with Gasteiger partial charge in [-0.25, -0.2) is 4.79 Å². The van der Waals surface area contributed by atoms with Gasteiger partial charge in [0.1, 0.15) is 11.7 Å². The van der Waals surface area contributed by atoms with Crippen LogP contribution in [0.15, 0.2) is 0 Å². The van der Waals surface area contributed by atoms with Crippen LogP contribution in [-0.2, 0) is 9.53 Å². The molecular weight excluding hydrogens is 286 g/mol. The standard InChI is InChI=1S/C11H17N3O7/c12-9-13-7(18)3-1-10(20,2-15)6-4(16)11(3,14-9)5(17)8(19)21-6/h3-7,15-18,20H,1-2H2,(H3,12,13,14)/p+1/t3?,4?,5-,6?,7?,10?,11?/m1/s1. The van der Waals surface area contributed by atoms with Crippen LogP contribution >= 0.6 is 0 Å². The highest BCUT2D eigenvalue weighted by molar-refractivity contribution is 5.82. The average molecular weight is 304 g/mol. The minimum absolute atomic E-state index is 0.125. The zero-order chi connectivity index (χ0) is 15.6. The van der Waals surface area contributed by atoms with Gasteiger partial charge in [0.25, 0.3) is 0 Å². The number of hydrogen-bond donors (Lipinski definition) is 8. The summed E-state index contributed by atoms with van der Waals surface area (Å²) in [7, 11) is 0. The van der Waals surface area contributed by atoms with Crippen LogP contribution in [0.1, 0.15) is 6.42 Å². The van der Waals surface area contributed by atoms with Crippen molar-refractivity contribution in [1.29, 1.82) is 0 Å². The van der Waals surface area contributed by atoms with E-state index in [1.54, 1.807) is 0 Å². The van der Waals surface area contributed by atoms with E-state index in [0.29, 0.717) is 0 Å². The van der Waals surface area contributed by atoms with E-state index in [4.69, 9.17) is 10.5 Å². The predicted molar refractivity (Wildman–Crippen MR) is 64.1 cm³/mol. The number of aliphatic hydroxyl groups is 5. The van der Waals surface area contributed by atoms with Crippen LogP contribution in [0.25, 0.3) is 0 Å². The fourth-order valence-corrected chi connectivity index (χ4v) is 3.64. The Labute approximate surface area is 118 Å². The molecule has 2 fully saturated rings. The summed E-state index contributed by atoms with van der Waals surface area (Å²) in [5.41, 5.74) is 1.95. The van der Waals surface area contributed by atoms with Gasteiger partial charge in [-0.15, -0.1) is 0 Å². The van der Waals surface area contributed by atoms with Crippen LogP contribution in [0.2, 0.25) is 0 Å². The third-order valence-corrected chi connectivity index (χ3v) is 4.72. The van der Waals surface area contributed by atoms with Crippen LogP contribution in [0.5, 0.6) is 0 Å². The van der Waals surface area contributed by atoms with Crippen LogP contribution in [0.4, 0.5) is 0 Å². The number of hydrogen-bond acceptors (Lipinski definition) is 9. The molecule has 1 aliphatic carbocycles. The smallest absolute Gasteiger partial charge is 0.343 e. The Morgan fingerprint density at radius 3 is 2.71 bits per heavy atom. The minimum atomic E-state index is -1.93. The summed E-state index contributed by atoms with van der Waals surface area (Å²) in [5, 5.41) is 53.2. The molecule has 118 valence electrons. The van der Waals surface area contributed by atoms with E-state index in [1.165, 1.54) is 0 Å². The number of ether oxygens (including phenoxy) is 1. The van der Waals surface area contributed by atoms with Crippen LogP contribution in [0.3, 0.4) is 0 Å². The summed E-state index contributed by atoms with van der Waals surface area (Å²) >= 11 is 0. The van der Waals surface area contributed by atoms with Crippen molar-refractivity contribution < 1.29 is 40.1 Å². The Morgan fingerprint density at radius 1 is 1.43 bits per heavy atom.